The molecule has 12 heavy (non-hydrogen) atoms. The zero-order chi connectivity index (χ0) is 8.72. The average molecular weight is 182 g/mol. The lowest BCUT2D eigenvalue weighted by molar-refractivity contribution is 0.436. The van der Waals surface area contributed by atoms with Crippen LogP contribution in [0.2, 0.25) is 0 Å². The van der Waals surface area contributed by atoms with Crippen LogP contribution < -0.4 is 0 Å². The number of rotatable bonds is 0. The Kier molecular flexibility index (Phi) is 1.54. The van der Waals surface area contributed by atoms with Crippen molar-refractivity contribution in [1.82, 2.24) is 0 Å². The Morgan fingerprint density at radius 1 is 1.42 bits per heavy atom. The van der Waals surface area contributed by atoms with Gasteiger partial charge in [0.05, 0.1) is 0 Å². The Bertz CT molecular complexity index is 433. The number of phenols is 1. The van der Waals surface area contributed by atoms with E-state index >= 15 is 0 Å². The second-order valence-corrected chi connectivity index (χ2v) is 3.96. The minimum atomic E-state index is -0.517. The molecule has 3 heteroatoms. The Morgan fingerprint density at radius 2 is 2.17 bits per heavy atom. The fraction of sp³-hybridized carbons (Fsp3) is 0.111. The molecule has 0 atom stereocenters. The maximum absolute atomic E-state index is 13.2. The lowest BCUT2D eigenvalue weighted by Gasteiger charge is -1.94. The largest absolute Gasteiger partial charge is 0.505 e. The van der Waals surface area contributed by atoms with Crippen LogP contribution in [0, 0.1) is 12.7 Å². The molecule has 1 aromatic carbocycles. The van der Waals surface area contributed by atoms with Gasteiger partial charge in [-0.1, -0.05) is 0 Å². The Labute approximate surface area is 73.1 Å². The molecule has 0 aliphatic carbocycles. The van der Waals surface area contributed by atoms with E-state index in [4.69, 9.17) is 5.11 Å². The summed E-state index contributed by atoms with van der Waals surface area (Å²) in [4.78, 5) is 1.05. The molecule has 0 fully saturated rings. The number of aromatic hydroxyl groups is 1. The van der Waals surface area contributed by atoms with Gasteiger partial charge in [0.2, 0.25) is 0 Å². The van der Waals surface area contributed by atoms with Gasteiger partial charge in [-0.05, 0) is 25.1 Å². The van der Waals surface area contributed by atoms with Crippen LogP contribution in [0.25, 0.3) is 10.1 Å². The molecule has 0 bridgehead atoms. The van der Waals surface area contributed by atoms with Crippen molar-refractivity contribution in [3.05, 3.63) is 28.9 Å². The van der Waals surface area contributed by atoms with E-state index in [0.29, 0.717) is 5.39 Å². The van der Waals surface area contributed by atoms with Gasteiger partial charge < -0.3 is 5.11 Å². The Morgan fingerprint density at radius 3 is 2.92 bits per heavy atom. The fourth-order valence-corrected chi connectivity index (χ4v) is 2.11. The van der Waals surface area contributed by atoms with Crippen LogP contribution in [0.1, 0.15) is 4.88 Å². The van der Waals surface area contributed by atoms with Crippen LogP contribution in [-0.4, -0.2) is 5.11 Å². The highest BCUT2D eigenvalue weighted by Crippen LogP contribution is 2.31. The van der Waals surface area contributed by atoms with Gasteiger partial charge in [0.25, 0.3) is 0 Å². The molecule has 1 nitrogen and oxygen atoms in total. The van der Waals surface area contributed by atoms with Crippen LogP contribution in [0.3, 0.4) is 0 Å². The van der Waals surface area contributed by atoms with Crippen molar-refractivity contribution >= 4 is 21.4 Å². The van der Waals surface area contributed by atoms with Gasteiger partial charge in [0.1, 0.15) is 0 Å². The molecule has 0 saturated carbocycles. The first-order valence-electron chi connectivity index (χ1n) is 3.56. The summed E-state index contributed by atoms with van der Waals surface area (Å²) in [6, 6.07) is 4.86. The van der Waals surface area contributed by atoms with Crippen LogP contribution in [0.5, 0.6) is 5.75 Å². The summed E-state index contributed by atoms with van der Waals surface area (Å²) in [5.74, 6) is -0.794. The first-order chi connectivity index (χ1) is 5.68. The third kappa shape index (κ3) is 0.975. The van der Waals surface area contributed by atoms with Crippen molar-refractivity contribution in [2.45, 2.75) is 6.92 Å². The first-order valence-corrected chi connectivity index (χ1v) is 4.38. The molecule has 0 aliphatic rings. The molecule has 0 spiro atoms. The van der Waals surface area contributed by atoms with Crippen molar-refractivity contribution in [3.63, 3.8) is 0 Å². The summed E-state index contributed by atoms with van der Waals surface area (Å²) >= 11 is 1.52. The van der Waals surface area contributed by atoms with E-state index in [2.05, 4.69) is 0 Å². The highest BCUT2D eigenvalue weighted by atomic mass is 32.1. The maximum atomic E-state index is 13.2. The monoisotopic (exact) mass is 182 g/mol. The summed E-state index contributed by atoms with van der Waals surface area (Å²) in [5, 5.41) is 9.57. The molecule has 2 rings (SSSR count). The van der Waals surface area contributed by atoms with Gasteiger partial charge in [-0.25, -0.2) is 4.39 Å². The minimum absolute atomic E-state index is 0.277. The van der Waals surface area contributed by atoms with Crippen molar-refractivity contribution < 1.29 is 9.50 Å². The second kappa shape index (κ2) is 2.45. The molecular formula is C9H7FOS. The van der Waals surface area contributed by atoms with E-state index in [0.717, 1.165) is 9.58 Å². The lowest BCUT2D eigenvalue weighted by Crippen LogP contribution is -1.74. The number of thiophene rings is 1. The summed E-state index contributed by atoms with van der Waals surface area (Å²) in [5.41, 5.74) is 0. The maximum Gasteiger partial charge on any atom is 0.173 e. The Hall–Kier alpha value is -1.09. The highest BCUT2D eigenvalue weighted by molar-refractivity contribution is 7.19. The molecule has 1 N–H and O–H groups in total. The smallest absolute Gasteiger partial charge is 0.173 e. The molecule has 62 valence electrons. The predicted octanol–water partition coefficient (Wildman–Crippen LogP) is 3.05. The van der Waals surface area contributed by atoms with Gasteiger partial charge in [-0.3, -0.25) is 0 Å². The quantitative estimate of drug-likeness (QED) is 0.663. The molecule has 0 amide bonds. The van der Waals surface area contributed by atoms with Crippen molar-refractivity contribution in [2.75, 3.05) is 0 Å². The number of phenolic OH excluding ortho intramolecular Hbond substituents is 1. The standard InChI is InChI=1S/C9H7FOS/c1-5-4-6-8(12-5)3-2-7(11)9(6)10/h2-4,11H,1H3. The topological polar surface area (TPSA) is 20.2 Å². The third-order valence-electron chi connectivity index (χ3n) is 1.74. The Balaban J connectivity index is 2.89. The van der Waals surface area contributed by atoms with E-state index in [1.54, 1.807) is 12.1 Å². The van der Waals surface area contributed by atoms with Gasteiger partial charge in [0.15, 0.2) is 11.6 Å². The molecule has 1 heterocycles. The van der Waals surface area contributed by atoms with Crippen molar-refractivity contribution in [2.24, 2.45) is 0 Å². The summed E-state index contributed by atoms with van der Waals surface area (Å²) in [7, 11) is 0. The van der Waals surface area contributed by atoms with Gasteiger partial charge in [-0.15, -0.1) is 11.3 Å². The number of fused-ring (bicyclic) bond motifs is 1. The highest BCUT2D eigenvalue weighted by Gasteiger charge is 2.07. The van der Waals surface area contributed by atoms with E-state index in [-0.39, 0.29) is 5.75 Å². The SMILES string of the molecule is Cc1cc2c(F)c(O)ccc2s1. The van der Waals surface area contributed by atoms with Crippen LogP contribution in [-0.2, 0) is 0 Å². The molecular weight excluding hydrogens is 175 g/mol. The second-order valence-electron chi connectivity index (χ2n) is 2.67. The van der Waals surface area contributed by atoms with E-state index in [9.17, 15) is 4.39 Å². The number of aryl methyl sites for hydroxylation is 1. The normalized spacial score (nSPS) is 10.8. The van der Waals surface area contributed by atoms with Gasteiger partial charge >= 0.3 is 0 Å². The zero-order valence-electron chi connectivity index (χ0n) is 6.47. The summed E-state index contributed by atoms with van der Waals surface area (Å²) in [6.07, 6.45) is 0. The molecule has 1 aromatic heterocycles. The number of hydrogen-bond acceptors (Lipinski definition) is 2. The van der Waals surface area contributed by atoms with Crippen LogP contribution >= 0.6 is 11.3 Å². The molecule has 0 radical (unpaired) electrons. The molecule has 2 aromatic rings. The van der Waals surface area contributed by atoms with E-state index in [1.165, 1.54) is 17.4 Å². The van der Waals surface area contributed by atoms with Crippen LogP contribution in [0.15, 0.2) is 18.2 Å². The predicted molar refractivity (Wildman–Crippen MR) is 48.2 cm³/mol. The molecule has 0 aliphatic heterocycles. The first kappa shape index (κ1) is 7.55. The third-order valence-corrected chi connectivity index (χ3v) is 2.75. The van der Waals surface area contributed by atoms with Gasteiger partial charge in [0, 0.05) is 15.0 Å². The van der Waals surface area contributed by atoms with Crippen molar-refractivity contribution in [3.8, 4) is 5.75 Å². The summed E-state index contributed by atoms with van der Waals surface area (Å²) in [6.45, 7) is 1.92. The number of halogens is 1. The number of benzene rings is 1. The van der Waals surface area contributed by atoms with E-state index in [1.807, 2.05) is 6.92 Å². The minimum Gasteiger partial charge on any atom is -0.505 e. The zero-order valence-corrected chi connectivity index (χ0v) is 7.28. The molecule has 0 unspecified atom stereocenters. The van der Waals surface area contributed by atoms with Crippen LogP contribution in [0.4, 0.5) is 4.39 Å². The molecule has 0 saturated heterocycles. The van der Waals surface area contributed by atoms with Crippen molar-refractivity contribution in [1.29, 1.82) is 0 Å². The van der Waals surface area contributed by atoms with E-state index < -0.39 is 5.82 Å². The lowest BCUT2D eigenvalue weighted by atomic mass is 10.2. The number of hydrogen-bond donors (Lipinski definition) is 1. The van der Waals surface area contributed by atoms with Gasteiger partial charge in [-0.2, -0.15) is 0 Å². The average Bonchev–Trinajstić information content (AvgIpc) is 2.39. The summed E-state index contributed by atoms with van der Waals surface area (Å²) < 4.78 is 14.0. The fourth-order valence-electron chi connectivity index (χ4n) is 1.19.